The minimum absolute atomic E-state index is 0.134. The van der Waals surface area contributed by atoms with E-state index in [0.29, 0.717) is 23.8 Å². The Bertz CT molecular complexity index is 625. The van der Waals surface area contributed by atoms with E-state index in [1.165, 1.54) is 43.4 Å². The van der Waals surface area contributed by atoms with E-state index in [9.17, 15) is 9.18 Å². The number of halogens is 1. The van der Waals surface area contributed by atoms with Gasteiger partial charge in [-0.05, 0) is 73.8 Å². The number of carbonyl (C=O) groups excluding carboxylic acids is 1. The van der Waals surface area contributed by atoms with Crippen molar-refractivity contribution in [1.29, 1.82) is 0 Å². The van der Waals surface area contributed by atoms with Crippen LogP contribution in [0, 0.1) is 11.7 Å². The number of rotatable bonds is 5. The zero-order chi connectivity index (χ0) is 16.1. The van der Waals surface area contributed by atoms with Gasteiger partial charge in [0.1, 0.15) is 5.82 Å². The van der Waals surface area contributed by atoms with Gasteiger partial charge in [0.25, 0.3) is 0 Å². The van der Waals surface area contributed by atoms with E-state index in [0.717, 1.165) is 6.42 Å². The van der Waals surface area contributed by atoms with Crippen LogP contribution in [0.25, 0.3) is 0 Å². The summed E-state index contributed by atoms with van der Waals surface area (Å²) in [5.41, 5.74) is 2.08. The second kappa shape index (κ2) is 7.54. The normalized spacial score (nSPS) is 21.1. The van der Waals surface area contributed by atoms with Crippen LogP contribution in [0.5, 0.6) is 0 Å². The fraction of sp³-hybridized carbons (Fsp3) is 0.381. The van der Waals surface area contributed by atoms with Crippen LogP contribution in [0.1, 0.15) is 60.4 Å². The lowest BCUT2D eigenvalue weighted by Crippen LogP contribution is -2.14. The summed E-state index contributed by atoms with van der Waals surface area (Å²) in [6.07, 6.45) is 6.38. The van der Waals surface area contributed by atoms with Crippen molar-refractivity contribution in [2.24, 2.45) is 5.92 Å². The minimum Gasteiger partial charge on any atom is -0.294 e. The van der Waals surface area contributed by atoms with Crippen molar-refractivity contribution in [3.63, 3.8) is 0 Å². The van der Waals surface area contributed by atoms with E-state index in [4.69, 9.17) is 0 Å². The van der Waals surface area contributed by atoms with E-state index in [2.05, 4.69) is 30.3 Å². The number of benzene rings is 2. The summed E-state index contributed by atoms with van der Waals surface area (Å²) < 4.78 is 12.9. The molecule has 2 aromatic rings. The van der Waals surface area contributed by atoms with E-state index < -0.39 is 0 Å². The van der Waals surface area contributed by atoms with Gasteiger partial charge in [-0.15, -0.1) is 0 Å². The molecule has 0 radical (unpaired) electrons. The maximum absolute atomic E-state index is 12.9. The molecule has 0 heterocycles. The molecule has 0 atom stereocenters. The van der Waals surface area contributed by atoms with Crippen LogP contribution in [0.15, 0.2) is 54.6 Å². The van der Waals surface area contributed by atoms with Gasteiger partial charge in [0.2, 0.25) is 0 Å². The van der Waals surface area contributed by atoms with Crippen molar-refractivity contribution in [1.82, 2.24) is 0 Å². The first-order chi connectivity index (χ1) is 11.2. The molecule has 23 heavy (non-hydrogen) atoms. The Kier molecular flexibility index (Phi) is 5.22. The van der Waals surface area contributed by atoms with Crippen LogP contribution in [-0.4, -0.2) is 5.78 Å². The molecule has 1 saturated carbocycles. The first-order valence-corrected chi connectivity index (χ1v) is 8.56. The molecule has 0 unspecified atom stereocenters. The summed E-state index contributed by atoms with van der Waals surface area (Å²) in [6, 6.07) is 16.6. The lowest BCUT2D eigenvalue weighted by molar-refractivity contribution is 0.0969. The summed E-state index contributed by atoms with van der Waals surface area (Å²) in [5, 5.41) is 0. The van der Waals surface area contributed by atoms with Crippen LogP contribution in [0.3, 0.4) is 0 Å². The van der Waals surface area contributed by atoms with Crippen molar-refractivity contribution in [2.75, 3.05) is 0 Å². The third-order valence-corrected chi connectivity index (χ3v) is 5.06. The molecule has 1 fully saturated rings. The summed E-state index contributed by atoms with van der Waals surface area (Å²) in [7, 11) is 0. The largest absolute Gasteiger partial charge is 0.294 e. The van der Waals surface area contributed by atoms with Gasteiger partial charge in [0, 0.05) is 12.0 Å². The maximum atomic E-state index is 12.9. The smallest absolute Gasteiger partial charge is 0.162 e. The Morgan fingerprint density at radius 1 is 0.913 bits per heavy atom. The summed E-state index contributed by atoms with van der Waals surface area (Å²) in [6.45, 7) is 0. The molecule has 2 aromatic carbocycles. The van der Waals surface area contributed by atoms with Gasteiger partial charge in [0.15, 0.2) is 5.78 Å². The van der Waals surface area contributed by atoms with Crippen molar-refractivity contribution in [3.8, 4) is 0 Å². The summed E-state index contributed by atoms with van der Waals surface area (Å²) >= 11 is 0. The van der Waals surface area contributed by atoms with Crippen LogP contribution in [0.4, 0.5) is 4.39 Å². The topological polar surface area (TPSA) is 17.1 Å². The molecular formula is C21H23FO. The number of Topliss-reactive ketones (excluding diaryl/α,β-unsaturated/α-hetero) is 1. The lowest BCUT2D eigenvalue weighted by atomic mass is 9.77. The Morgan fingerprint density at radius 2 is 1.57 bits per heavy atom. The Hall–Kier alpha value is -1.96. The molecule has 2 heteroatoms. The predicted octanol–water partition coefficient (Wildman–Crippen LogP) is 5.76. The molecular weight excluding hydrogens is 287 g/mol. The third-order valence-electron chi connectivity index (χ3n) is 5.06. The number of hydrogen-bond acceptors (Lipinski definition) is 1. The quantitative estimate of drug-likeness (QED) is 0.641. The van der Waals surface area contributed by atoms with Crippen molar-refractivity contribution >= 4 is 5.78 Å². The molecule has 1 aliphatic rings. The minimum atomic E-state index is -0.291. The fourth-order valence-corrected chi connectivity index (χ4v) is 3.62. The van der Waals surface area contributed by atoms with Gasteiger partial charge in [-0.2, -0.15) is 0 Å². The zero-order valence-corrected chi connectivity index (χ0v) is 13.4. The highest BCUT2D eigenvalue weighted by atomic mass is 19.1. The second-order valence-electron chi connectivity index (χ2n) is 6.60. The third kappa shape index (κ3) is 4.28. The monoisotopic (exact) mass is 310 g/mol. The molecule has 1 aliphatic carbocycles. The molecule has 0 aliphatic heterocycles. The molecule has 0 aromatic heterocycles. The average molecular weight is 310 g/mol. The molecule has 0 N–H and O–H groups in total. The highest BCUT2D eigenvalue weighted by molar-refractivity contribution is 5.95. The highest BCUT2D eigenvalue weighted by Gasteiger charge is 2.22. The van der Waals surface area contributed by atoms with Crippen molar-refractivity contribution in [2.45, 2.75) is 44.4 Å². The molecule has 1 nitrogen and oxygen atoms in total. The molecule has 0 spiro atoms. The number of carbonyl (C=O) groups is 1. The van der Waals surface area contributed by atoms with Gasteiger partial charge in [0.05, 0.1) is 0 Å². The molecule has 120 valence electrons. The van der Waals surface area contributed by atoms with Gasteiger partial charge < -0.3 is 0 Å². The van der Waals surface area contributed by atoms with E-state index in [1.54, 1.807) is 12.1 Å². The zero-order valence-electron chi connectivity index (χ0n) is 13.4. The molecule has 0 amide bonds. The maximum Gasteiger partial charge on any atom is 0.162 e. The van der Waals surface area contributed by atoms with Crippen LogP contribution in [-0.2, 0) is 0 Å². The first kappa shape index (κ1) is 15.9. The second-order valence-corrected chi connectivity index (χ2v) is 6.60. The summed E-state index contributed by atoms with van der Waals surface area (Å²) in [5.74, 6) is 1.18. The molecule has 0 bridgehead atoms. The van der Waals surface area contributed by atoms with Gasteiger partial charge >= 0.3 is 0 Å². The van der Waals surface area contributed by atoms with Gasteiger partial charge in [-0.1, -0.05) is 30.3 Å². The Morgan fingerprint density at radius 3 is 2.22 bits per heavy atom. The van der Waals surface area contributed by atoms with Crippen LogP contribution < -0.4 is 0 Å². The molecule has 3 rings (SSSR count). The average Bonchev–Trinajstić information content (AvgIpc) is 2.61. The first-order valence-electron chi connectivity index (χ1n) is 8.56. The number of hydrogen-bond donors (Lipinski definition) is 0. The van der Waals surface area contributed by atoms with Crippen molar-refractivity contribution in [3.05, 3.63) is 71.5 Å². The Labute approximate surface area is 137 Å². The fourth-order valence-electron chi connectivity index (χ4n) is 3.62. The van der Waals surface area contributed by atoms with Gasteiger partial charge in [-0.3, -0.25) is 4.79 Å². The van der Waals surface area contributed by atoms with Crippen LogP contribution >= 0.6 is 0 Å². The van der Waals surface area contributed by atoms with E-state index in [1.807, 2.05) is 0 Å². The standard InChI is InChI=1S/C21H23FO/c22-20-13-11-19(12-14-20)21(23)15-8-16-6-9-18(10-7-16)17-4-2-1-3-5-17/h1-5,11-14,16,18H,6-10,15H2. The predicted molar refractivity (Wildman–Crippen MR) is 91.1 cm³/mol. The van der Waals surface area contributed by atoms with E-state index in [-0.39, 0.29) is 11.6 Å². The van der Waals surface area contributed by atoms with Gasteiger partial charge in [-0.25, -0.2) is 4.39 Å². The number of ketones is 1. The van der Waals surface area contributed by atoms with Crippen LogP contribution in [0.2, 0.25) is 0 Å². The Balaban J connectivity index is 1.46. The van der Waals surface area contributed by atoms with E-state index >= 15 is 0 Å². The highest BCUT2D eigenvalue weighted by Crippen LogP contribution is 2.37. The summed E-state index contributed by atoms with van der Waals surface area (Å²) in [4.78, 5) is 12.2. The lowest BCUT2D eigenvalue weighted by Gasteiger charge is -2.28. The van der Waals surface area contributed by atoms with Crippen molar-refractivity contribution < 1.29 is 9.18 Å². The SMILES string of the molecule is O=C(CCC1CCC(c2ccccc2)CC1)c1ccc(F)cc1. The molecule has 0 saturated heterocycles.